The van der Waals surface area contributed by atoms with Crippen molar-refractivity contribution in [1.82, 2.24) is 4.72 Å². The molecule has 0 aliphatic heterocycles. The van der Waals surface area contributed by atoms with Crippen LogP contribution >= 0.6 is 0 Å². The van der Waals surface area contributed by atoms with Crippen molar-refractivity contribution < 1.29 is 22.0 Å². The zero-order chi connectivity index (χ0) is 17.7. The van der Waals surface area contributed by atoms with Crippen LogP contribution in [0.5, 0.6) is 0 Å². The molecule has 0 saturated heterocycles. The molecule has 1 amide bonds. The number of nitrogens with one attached hydrogen (secondary N) is 2. The molecule has 8 heteroatoms. The normalized spacial score (nSPS) is 11.6. The minimum absolute atomic E-state index is 0.0972. The molecule has 0 saturated carbocycles. The topological polar surface area (TPSA) is 75.3 Å². The fourth-order valence-electron chi connectivity index (χ4n) is 1.81. The average molecular weight is 352 g/mol. The lowest BCUT2D eigenvalue weighted by molar-refractivity contribution is -0.111. The van der Waals surface area contributed by atoms with E-state index >= 15 is 0 Å². The molecule has 0 heterocycles. The van der Waals surface area contributed by atoms with Crippen LogP contribution in [0.2, 0.25) is 0 Å². The van der Waals surface area contributed by atoms with Crippen molar-refractivity contribution >= 4 is 27.7 Å². The van der Waals surface area contributed by atoms with Gasteiger partial charge >= 0.3 is 0 Å². The maximum atomic E-state index is 13.4. The van der Waals surface area contributed by atoms with E-state index in [1.54, 1.807) is 0 Å². The van der Waals surface area contributed by atoms with Crippen molar-refractivity contribution in [2.75, 3.05) is 12.4 Å². The number of benzene rings is 2. The van der Waals surface area contributed by atoms with Crippen molar-refractivity contribution in [2.45, 2.75) is 4.90 Å². The van der Waals surface area contributed by atoms with Gasteiger partial charge in [-0.05, 0) is 43.0 Å². The summed E-state index contributed by atoms with van der Waals surface area (Å²) in [4.78, 5) is 11.8. The Hall–Kier alpha value is -2.58. The molecule has 0 aromatic heterocycles. The van der Waals surface area contributed by atoms with Crippen LogP contribution in [0.15, 0.2) is 53.4 Å². The van der Waals surface area contributed by atoms with Crippen LogP contribution in [0, 0.1) is 11.6 Å². The van der Waals surface area contributed by atoms with Gasteiger partial charge in [-0.1, -0.05) is 12.1 Å². The minimum Gasteiger partial charge on any atom is -0.320 e. The molecule has 0 fully saturated rings. The van der Waals surface area contributed by atoms with Crippen LogP contribution in [0.1, 0.15) is 5.56 Å². The summed E-state index contributed by atoms with van der Waals surface area (Å²) < 4.78 is 51.6. The van der Waals surface area contributed by atoms with Gasteiger partial charge in [-0.3, -0.25) is 4.79 Å². The predicted octanol–water partition coefficient (Wildman–Crippen LogP) is 2.52. The monoisotopic (exact) mass is 352 g/mol. The highest BCUT2D eigenvalue weighted by Gasteiger charge is 2.10. The summed E-state index contributed by atoms with van der Waals surface area (Å²) in [5.74, 6) is -2.22. The SMILES string of the molecule is CNS(=O)(=O)c1ccc(/C=C/C(=O)Nc2ccc(F)cc2F)cc1. The predicted molar refractivity (Wildman–Crippen MR) is 86.7 cm³/mol. The second kappa shape index (κ2) is 7.33. The van der Waals surface area contributed by atoms with Gasteiger partial charge in [0.2, 0.25) is 15.9 Å². The lowest BCUT2D eigenvalue weighted by atomic mass is 10.2. The molecule has 0 aliphatic carbocycles. The maximum Gasteiger partial charge on any atom is 0.248 e. The summed E-state index contributed by atoms with van der Waals surface area (Å²) in [7, 11) is -2.21. The Morgan fingerprint density at radius 3 is 2.33 bits per heavy atom. The zero-order valence-electron chi connectivity index (χ0n) is 12.6. The minimum atomic E-state index is -3.52. The number of carbonyl (C=O) groups is 1. The van der Waals surface area contributed by atoms with Crippen LogP contribution in [-0.2, 0) is 14.8 Å². The first kappa shape index (κ1) is 17.8. The second-order valence-corrected chi connectivity index (χ2v) is 6.61. The Morgan fingerprint density at radius 2 is 1.75 bits per heavy atom. The van der Waals surface area contributed by atoms with Gasteiger partial charge in [0, 0.05) is 12.1 Å². The molecule has 24 heavy (non-hydrogen) atoms. The van der Waals surface area contributed by atoms with Crippen LogP contribution in [-0.4, -0.2) is 21.4 Å². The first-order valence-corrected chi connectivity index (χ1v) is 8.28. The molecule has 0 atom stereocenters. The fraction of sp³-hybridized carbons (Fsp3) is 0.0625. The van der Waals surface area contributed by atoms with Crippen molar-refractivity contribution in [3.8, 4) is 0 Å². The highest BCUT2D eigenvalue weighted by Crippen LogP contribution is 2.15. The Balaban J connectivity index is 2.06. The van der Waals surface area contributed by atoms with Crippen molar-refractivity contribution in [3.05, 3.63) is 65.7 Å². The van der Waals surface area contributed by atoms with Crippen LogP contribution < -0.4 is 10.0 Å². The van der Waals surface area contributed by atoms with Gasteiger partial charge in [-0.2, -0.15) is 0 Å². The summed E-state index contributed by atoms with van der Waals surface area (Å²) in [5, 5.41) is 2.28. The van der Waals surface area contributed by atoms with Gasteiger partial charge in [0.15, 0.2) is 0 Å². The number of amides is 1. The van der Waals surface area contributed by atoms with E-state index in [0.717, 1.165) is 18.2 Å². The van der Waals surface area contributed by atoms with Crippen molar-refractivity contribution in [3.63, 3.8) is 0 Å². The standard InChI is InChI=1S/C16H14F2N2O3S/c1-19-24(22,23)13-6-2-11(3-7-13)4-9-16(21)20-15-8-5-12(17)10-14(15)18/h2-10,19H,1H3,(H,20,21)/b9-4+. The molecule has 5 nitrogen and oxygen atoms in total. The Bertz CT molecular complexity index is 879. The van der Waals surface area contributed by atoms with E-state index in [0.29, 0.717) is 11.6 Å². The third-order valence-corrected chi connectivity index (χ3v) is 4.51. The summed E-state index contributed by atoms with van der Waals surface area (Å²) in [6, 6.07) is 8.64. The summed E-state index contributed by atoms with van der Waals surface area (Å²) >= 11 is 0. The van der Waals surface area contributed by atoms with Gasteiger partial charge in [0.25, 0.3) is 0 Å². The summed E-state index contributed by atoms with van der Waals surface area (Å²) in [6.07, 6.45) is 2.59. The van der Waals surface area contributed by atoms with E-state index in [4.69, 9.17) is 0 Å². The molecule has 2 aromatic carbocycles. The molecule has 2 N–H and O–H groups in total. The van der Waals surface area contributed by atoms with Gasteiger partial charge < -0.3 is 5.32 Å². The lowest BCUT2D eigenvalue weighted by Gasteiger charge is -2.04. The highest BCUT2D eigenvalue weighted by molar-refractivity contribution is 7.89. The van der Waals surface area contributed by atoms with Crippen LogP contribution in [0.4, 0.5) is 14.5 Å². The quantitative estimate of drug-likeness (QED) is 0.812. The average Bonchev–Trinajstić information content (AvgIpc) is 2.56. The highest BCUT2D eigenvalue weighted by atomic mass is 32.2. The third-order valence-electron chi connectivity index (χ3n) is 3.08. The van der Waals surface area contributed by atoms with Gasteiger partial charge in [0.1, 0.15) is 11.6 Å². The Morgan fingerprint density at radius 1 is 1.08 bits per heavy atom. The van der Waals surface area contributed by atoms with E-state index < -0.39 is 27.6 Å². The number of carbonyl (C=O) groups excluding carboxylic acids is 1. The number of hydrogen-bond acceptors (Lipinski definition) is 3. The molecule has 0 spiro atoms. The zero-order valence-corrected chi connectivity index (χ0v) is 13.4. The van der Waals surface area contributed by atoms with Gasteiger partial charge in [0.05, 0.1) is 10.6 Å². The first-order valence-electron chi connectivity index (χ1n) is 6.79. The Labute approximate surface area is 138 Å². The number of anilines is 1. The summed E-state index contributed by atoms with van der Waals surface area (Å²) in [6.45, 7) is 0. The van der Waals surface area contributed by atoms with Crippen molar-refractivity contribution in [2.24, 2.45) is 0 Å². The smallest absolute Gasteiger partial charge is 0.248 e. The van der Waals surface area contributed by atoms with E-state index in [1.807, 2.05) is 0 Å². The molecular weight excluding hydrogens is 338 g/mol. The van der Waals surface area contributed by atoms with Gasteiger partial charge in [-0.25, -0.2) is 21.9 Å². The first-order chi connectivity index (χ1) is 11.3. The van der Waals surface area contributed by atoms with E-state index in [9.17, 15) is 22.0 Å². The largest absolute Gasteiger partial charge is 0.320 e. The molecule has 0 unspecified atom stereocenters. The molecule has 126 valence electrons. The van der Waals surface area contributed by atoms with Crippen LogP contribution in [0.25, 0.3) is 6.08 Å². The van der Waals surface area contributed by atoms with Crippen LogP contribution in [0.3, 0.4) is 0 Å². The molecule has 0 bridgehead atoms. The van der Waals surface area contributed by atoms with E-state index in [2.05, 4.69) is 10.0 Å². The fourth-order valence-corrected chi connectivity index (χ4v) is 2.54. The maximum absolute atomic E-state index is 13.4. The Kier molecular flexibility index (Phi) is 5.42. The second-order valence-electron chi connectivity index (χ2n) is 4.72. The summed E-state index contributed by atoms with van der Waals surface area (Å²) in [5.41, 5.74) is 0.446. The molecular formula is C16H14F2N2O3S. The number of halogens is 2. The van der Waals surface area contributed by atoms with Gasteiger partial charge in [-0.15, -0.1) is 0 Å². The van der Waals surface area contributed by atoms with E-state index in [1.165, 1.54) is 37.4 Å². The van der Waals surface area contributed by atoms with E-state index in [-0.39, 0.29) is 10.6 Å². The lowest BCUT2D eigenvalue weighted by Crippen LogP contribution is -2.18. The molecule has 2 aromatic rings. The van der Waals surface area contributed by atoms with Crippen molar-refractivity contribution in [1.29, 1.82) is 0 Å². The molecule has 0 aliphatic rings. The number of rotatable bonds is 5. The molecule has 2 rings (SSSR count). The number of sulfonamides is 1. The molecule has 0 radical (unpaired) electrons. The number of hydrogen-bond donors (Lipinski definition) is 2. The third kappa shape index (κ3) is 4.46.